The van der Waals surface area contributed by atoms with Gasteiger partial charge in [0, 0.05) is 18.3 Å². The van der Waals surface area contributed by atoms with Crippen molar-refractivity contribution in [3.05, 3.63) is 98.1 Å². The van der Waals surface area contributed by atoms with Crippen LogP contribution in [0, 0.1) is 20.2 Å². The average molecular weight is 579 g/mol. The zero-order chi connectivity index (χ0) is 29.8. The summed E-state index contributed by atoms with van der Waals surface area (Å²) in [5, 5.41) is 27.5. The van der Waals surface area contributed by atoms with Crippen LogP contribution in [-0.4, -0.2) is 55.4 Å². The molecule has 218 valence electrons. The van der Waals surface area contributed by atoms with Gasteiger partial charge < -0.3 is 24.8 Å². The van der Waals surface area contributed by atoms with E-state index >= 15 is 0 Å². The van der Waals surface area contributed by atoms with Crippen LogP contribution >= 0.6 is 0 Å². The van der Waals surface area contributed by atoms with Gasteiger partial charge in [-0.05, 0) is 36.4 Å². The second kappa shape index (κ2) is 14.6. The molecule has 0 atom stereocenters. The molecule has 0 aliphatic carbocycles. The number of carbonyl (C=O) groups excluding carboxylic acids is 1. The summed E-state index contributed by atoms with van der Waals surface area (Å²) in [7, 11) is 0. The van der Waals surface area contributed by atoms with E-state index in [0.717, 1.165) is 24.3 Å². The number of nitrogens with zero attached hydrogens (tertiary/aromatic N) is 2. The average Bonchev–Trinajstić information content (AvgIpc) is 2.93. The number of alkyl halides is 3. The summed E-state index contributed by atoms with van der Waals surface area (Å²) in [4.78, 5) is 33.0. The first-order valence-corrected chi connectivity index (χ1v) is 12.1. The standard InChI is InChI=1S/C26H25F3N4O8/c27-26(28,29)18-4-3-5-19(16-18)31-22-7-2-1-6-21(22)25(34)41-15-14-40-13-12-39-11-10-30-23-9-8-20(32(35)36)17-24(23)33(37)38/h1-9,16-17,30-31H,10-15H2. The summed E-state index contributed by atoms with van der Waals surface area (Å²) in [5.41, 5.74) is -0.955. The maximum absolute atomic E-state index is 13.0. The largest absolute Gasteiger partial charge is 0.460 e. The number of esters is 1. The number of benzene rings is 3. The van der Waals surface area contributed by atoms with Crippen molar-refractivity contribution in [2.24, 2.45) is 0 Å². The molecule has 41 heavy (non-hydrogen) atoms. The lowest BCUT2D eigenvalue weighted by Gasteiger charge is -2.13. The van der Waals surface area contributed by atoms with Crippen LogP contribution in [0.25, 0.3) is 0 Å². The Morgan fingerprint density at radius 2 is 1.51 bits per heavy atom. The van der Waals surface area contributed by atoms with Crippen molar-refractivity contribution in [2.75, 3.05) is 50.2 Å². The van der Waals surface area contributed by atoms with Crippen molar-refractivity contribution in [1.29, 1.82) is 0 Å². The lowest BCUT2D eigenvalue weighted by atomic mass is 10.1. The lowest BCUT2D eigenvalue weighted by molar-refractivity contribution is -0.393. The van der Waals surface area contributed by atoms with Crippen LogP contribution < -0.4 is 10.6 Å². The molecule has 0 bridgehead atoms. The number of para-hydroxylation sites is 1. The minimum absolute atomic E-state index is 0.0611. The van der Waals surface area contributed by atoms with Gasteiger partial charge in [-0.2, -0.15) is 13.2 Å². The highest BCUT2D eigenvalue weighted by Gasteiger charge is 2.30. The van der Waals surface area contributed by atoms with Crippen LogP contribution in [0.1, 0.15) is 15.9 Å². The molecular weight excluding hydrogens is 553 g/mol. The van der Waals surface area contributed by atoms with Crippen molar-refractivity contribution in [3.63, 3.8) is 0 Å². The van der Waals surface area contributed by atoms with E-state index in [9.17, 15) is 38.2 Å². The van der Waals surface area contributed by atoms with Crippen LogP contribution in [0.2, 0.25) is 0 Å². The van der Waals surface area contributed by atoms with E-state index in [4.69, 9.17) is 14.2 Å². The predicted molar refractivity (Wildman–Crippen MR) is 141 cm³/mol. The number of hydrogen-bond donors (Lipinski definition) is 2. The molecule has 0 aliphatic rings. The molecule has 0 spiro atoms. The van der Waals surface area contributed by atoms with Crippen molar-refractivity contribution in [1.82, 2.24) is 0 Å². The summed E-state index contributed by atoms with van der Waals surface area (Å²) in [6, 6.07) is 14.1. The monoisotopic (exact) mass is 578 g/mol. The molecule has 0 aliphatic heterocycles. The van der Waals surface area contributed by atoms with Gasteiger partial charge in [0.2, 0.25) is 0 Å². The predicted octanol–water partition coefficient (Wildman–Crippen LogP) is 5.57. The Kier molecular flexibility index (Phi) is 10.9. The smallest absolute Gasteiger partial charge is 0.416 e. The van der Waals surface area contributed by atoms with Gasteiger partial charge in [0.1, 0.15) is 12.3 Å². The highest BCUT2D eigenvalue weighted by molar-refractivity contribution is 5.96. The Balaban J connectivity index is 1.35. The minimum atomic E-state index is -4.50. The number of nitro benzene ring substituents is 2. The van der Waals surface area contributed by atoms with Crippen molar-refractivity contribution < 1.29 is 42.0 Å². The number of hydrogen-bond acceptors (Lipinski definition) is 10. The van der Waals surface area contributed by atoms with Crippen molar-refractivity contribution in [2.45, 2.75) is 6.18 Å². The second-order valence-electron chi connectivity index (χ2n) is 8.25. The van der Waals surface area contributed by atoms with Crippen molar-refractivity contribution >= 4 is 34.4 Å². The van der Waals surface area contributed by atoms with Gasteiger partial charge in [-0.1, -0.05) is 18.2 Å². The summed E-state index contributed by atoms with van der Waals surface area (Å²) in [6.45, 7) is 0.699. The van der Waals surface area contributed by atoms with Gasteiger partial charge in [0.15, 0.2) is 0 Å². The van der Waals surface area contributed by atoms with Gasteiger partial charge in [0.05, 0.1) is 59.2 Å². The first-order chi connectivity index (χ1) is 19.6. The highest BCUT2D eigenvalue weighted by atomic mass is 19.4. The van der Waals surface area contributed by atoms with Gasteiger partial charge in [0.25, 0.3) is 11.4 Å². The number of ether oxygens (including phenoxy) is 3. The quantitative estimate of drug-likeness (QED) is 0.101. The van der Waals surface area contributed by atoms with E-state index in [1.165, 1.54) is 24.3 Å². The zero-order valence-corrected chi connectivity index (χ0v) is 21.4. The third-order valence-corrected chi connectivity index (χ3v) is 5.40. The van der Waals surface area contributed by atoms with Crippen LogP contribution in [0.3, 0.4) is 0 Å². The Labute approximate surface area is 231 Å². The number of nitrogens with one attached hydrogen (secondary N) is 2. The third-order valence-electron chi connectivity index (χ3n) is 5.40. The molecule has 12 nitrogen and oxygen atoms in total. The topological polar surface area (TPSA) is 155 Å². The maximum Gasteiger partial charge on any atom is 0.416 e. The maximum atomic E-state index is 13.0. The molecule has 0 heterocycles. The van der Waals surface area contributed by atoms with E-state index in [-0.39, 0.29) is 62.2 Å². The number of rotatable bonds is 15. The molecule has 0 saturated carbocycles. The molecule has 0 saturated heterocycles. The van der Waals surface area contributed by atoms with Crippen LogP contribution in [-0.2, 0) is 20.4 Å². The molecule has 0 aromatic heterocycles. The third kappa shape index (κ3) is 9.44. The highest BCUT2D eigenvalue weighted by Crippen LogP contribution is 2.32. The van der Waals surface area contributed by atoms with E-state index in [2.05, 4.69) is 10.6 Å². The number of carbonyl (C=O) groups is 1. The van der Waals surface area contributed by atoms with E-state index < -0.39 is 38.9 Å². The molecule has 0 amide bonds. The Morgan fingerprint density at radius 1 is 0.805 bits per heavy atom. The van der Waals surface area contributed by atoms with Gasteiger partial charge >= 0.3 is 12.1 Å². The molecule has 0 fully saturated rings. The lowest BCUT2D eigenvalue weighted by Crippen LogP contribution is -2.16. The molecule has 15 heteroatoms. The van der Waals surface area contributed by atoms with E-state index in [1.807, 2.05) is 0 Å². The summed E-state index contributed by atoms with van der Waals surface area (Å²) < 4.78 is 54.9. The molecule has 2 N–H and O–H groups in total. The van der Waals surface area contributed by atoms with Crippen molar-refractivity contribution in [3.8, 4) is 0 Å². The number of nitro groups is 2. The Hall–Kier alpha value is -4.76. The van der Waals surface area contributed by atoms with Gasteiger partial charge in [-0.15, -0.1) is 0 Å². The summed E-state index contributed by atoms with van der Waals surface area (Å²) in [5.74, 6) is -0.689. The van der Waals surface area contributed by atoms with Gasteiger partial charge in [-0.3, -0.25) is 20.2 Å². The van der Waals surface area contributed by atoms with Gasteiger partial charge in [-0.25, -0.2) is 4.79 Å². The number of halogens is 3. The first-order valence-electron chi connectivity index (χ1n) is 12.1. The summed E-state index contributed by atoms with van der Waals surface area (Å²) >= 11 is 0. The normalized spacial score (nSPS) is 11.1. The zero-order valence-electron chi connectivity index (χ0n) is 21.4. The molecule has 3 aromatic carbocycles. The van der Waals surface area contributed by atoms with Crippen LogP contribution in [0.4, 0.5) is 41.6 Å². The first kappa shape index (κ1) is 30.8. The minimum Gasteiger partial charge on any atom is -0.460 e. The van der Waals surface area contributed by atoms with Crippen LogP contribution in [0.5, 0.6) is 0 Å². The molecular formula is C26H25F3N4O8. The molecule has 0 unspecified atom stereocenters. The molecule has 3 aromatic rings. The van der Waals surface area contributed by atoms with Crippen LogP contribution in [0.15, 0.2) is 66.7 Å². The number of anilines is 3. The Morgan fingerprint density at radius 3 is 2.22 bits per heavy atom. The molecule has 0 radical (unpaired) electrons. The fourth-order valence-electron chi connectivity index (χ4n) is 3.48. The van der Waals surface area contributed by atoms with E-state index in [0.29, 0.717) is 0 Å². The SMILES string of the molecule is O=C(OCCOCCOCCNc1ccc([N+](=O)[O-])cc1[N+](=O)[O-])c1ccccc1Nc1cccc(C(F)(F)F)c1. The fourth-order valence-corrected chi connectivity index (χ4v) is 3.48. The molecule has 3 rings (SSSR count). The number of non-ortho nitro benzene ring substituents is 1. The Bertz CT molecular complexity index is 1370. The second-order valence-corrected chi connectivity index (χ2v) is 8.25. The van der Waals surface area contributed by atoms with E-state index in [1.54, 1.807) is 18.2 Å². The summed E-state index contributed by atoms with van der Waals surface area (Å²) in [6.07, 6.45) is -4.50. The fraction of sp³-hybridized carbons (Fsp3) is 0.269.